The maximum absolute atomic E-state index is 5.82. The number of hydrogen-bond donors (Lipinski definition) is 2. The number of nitrogens with zero attached hydrogens (tertiary/aromatic N) is 1. The first-order chi connectivity index (χ1) is 9.63. The lowest BCUT2D eigenvalue weighted by Gasteiger charge is -2.12. The zero-order valence-electron chi connectivity index (χ0n) is 11.6. The molecule has 0 amide bonds. The summed E-state index contributed by atoms with van der Waals surface area (Å²) in [5, 5.41) is 4.55. The second kappa shape index (κ2) is 4.85. The van der Waals surface area contributed by atoms with Crippen LogP contribution in [0.4, 0.5) is 17.1 Å². The minimum absolute atomic E-state index is 0.751. The average Bonchev–Trinajstić information content (AvgIpc) is 2.40. The quantitative estimate of drug-likeness (QED) is 0.682. The lowest BCUT2D eigenvalue weighted by Crippen LogP contribution is -1.95. The van der Waals surface area contributed by atoms with Gasteiger partial charge in [-0.1, -0.05) is 17.7 Å². The molecule has 20 heavy (non-hydrogen) atoms. The van der Waals surface area contributed by atoms with Gasteiger partial charge < -0.3 is 11.1 Å². The number of hydrogen-bond acceptors (Lipinski definition) is 3. The summed E-state index contributed by atoms with van der Waals surface area (Å²) in [4.78, 5) is 4.48. The van der Waals surface area contributed by atoms with E-state index >= 15 is 0 Å². The number of nitrogens with two attached hydrogens (primary N) is 1. The van der Waals surface area contributed by atoms with Crippen LogP contribution < -0.4 is 11.1 Å². The van der Waals surface area contributed by atoms with Gasteiger partial charge in [-0.25, -0.2) is 0 Å². The molecule has 0 bridgehead atoms. The fourth-order valence-corrected chi connectivity index (χ4v) is 2.49. The summed E-state index contributed by atoms with van der Waals surface area (Å²) in [7, 11) is 0. The van der Waals surface area contributed by atoms with Gasteiger partial charge in [0.15, 0.2) is 0 Å². The van der Waals surface area contributed by atoms with Crippen LogP contribution in [0.2, 0.25) is 0 Å². The molecule has 100 valence electrons. The van der Waals surface area contributed by atoms with Crippen LogP contribution in [0.25, 0.3) is 10.9 Å². The first-order valence-electron chi connectivity index (χ1n) is 6.62. The highest BCUT2D eigenvalue weighted by Gasteiger charge is 2.05. The van der Waals surface area contributed by atoms with Crippen LogP contribution in [0, 0.1) is 13.8 Å². The number of benzene rings is 2. The molecule has 0 aliphatic rings. The molecule has 0 saturated carbocycles. The van der Waals surface area contributed by atoms with Gasteiger partial charge in [0, 0.05) is 28.6 Å². The number of anilines is 3. The first kappa shape index (κ1) is 12.5. The molecule has 0 saturated heterocycles. The van der Waals surface area contributed by atoms with E-state index in [0.29, 0.717) is 0 Å². The molecule has 0 unspecified atom stereocenters. The third-order valence-corrected chi connectivity index (χ3v) is 3.35. The normalized spacial score (nSPS) is 10.7. The summed E-state index contributed by atoms with van der Waals surface area (Å²) in [6.07, 6.45) is 1.83. The average molecular weight is 263 g/mol. The molecule has 3 aromatic rings. The van der Waals surface area contributed by atoms with Gasteiger partial charge in [0.2, 0.25) is 0 Å². The van der Waals surface area contributed by atoms with E-state index in [1.807, 2.05) is 36.5 Å². The van der Waals surface area contributed by atoms with Crippen LogP contribution in [0.15, 0.2) is 48.7 Å². The molecule has 0 spiro atoms. The molecule has 3 nitrogen and oxygen atoms in total. The fraction of sp³-hybridized carbons (Fsp3) is 0.118. The standard InChI is InChI=1S/C17H17N3/c1-11-8-12(2)17-15(9-11)16(6-7-19-17)20-14-5-3-4-13(18)10-14/h3-10H,18H2,1-2H3,(H,19,20). The number of aryl methyl sites for hydroxylation is 2. The maximum Gasteiger partial charge on any atom is 0.0752 e. The number of rotatable bonds is 2. The number of nitrogens with one attached hydrogen (secondary N) is 1. The van der Waals surface area contributed by atoms with Crippen LogP contribution in [0.3, 0.4) is 0 Å². The lowest BCUT2D eigenvalue weighted by atomic mass is 10.1. The molecule has 3 rings (SSSR count). The molecule has 0 aliphatic heterocycles. The molecular weight excluding hydrogens is 246 g/mol. The highest BCUT2D eigenvalue weighted by molar-refractivity contribution is 5.95. The van der Waals surface area contributed by atoms with E-state index in [9.17, 15) is 0 Å². The fourth-order valence-electron chi connectivity index (χ4n) is 2.49. The third kappa shape index (κ3) is 2.30. The van der Waals surface area contributed by atoms with E-state index in [2.05, 4.69) is 36.3 Å². The number of fused-ring (bicyclic) bond motifs is 1. The van der Waals surface area contributed by atoms with E-state index in [0.717, 1.165) is 28.0 Å². The van der Waals surface area contributed by atoms with Crippen molar-refractivity contribution in [1.82, 2.24) is 4.98 Å². The van der Waals surface area contributed by atoms with Gasteiger partial charge >= 0.3 is 0 Å². The second-order valence-electron chi connectivity index (χ2n) is 5.09. The molecule has 0 atom stereocenters. The van der Waals surface area contributed by atoms with Crippen LogP contribution in [0.5, 0.6) is 0 Å². The topological polar surface area (TPSA) is 50.9 Å². The molecule has 0 aliphatic carbocycles. The first-order valence-corrected chi connectivity index (χ1v) is 6.62. The van der Waals surface area contributed by atoms with Crippen molar-refractivity contribution in [1.29, 1.82) is 0 Å². The van der Waals surface area contributed by atoms with Crippen LogP contribution >= 0.6 is 0 Å². The van der Waals surface area contributed by atoms with Crippen molar-refractivity contribution in [2.24, 2.45) is 0 Å². The summed E-state index contributed by atoms with van der Waals surface area (Å²) in [5.74, 6) is 0. The van der Waals surface area contributed by atoms with Crippen molar-refractivity contribution in [3.05, 3.63) is 59.8 Å². The Morgan fingerprint density at radius 1 is 1.05 bits per heavy atom. The largest absolute Gasteiger partial charge is 0.399 e. The Hall–Kier alpha value is -2.55. The predicted octanol–water partition coefficient (Wildman–Crippen LogP) is 4.18. The van der Waals surface area contributed by atoms with Crippen molar-refractivity contribution in [3.8, 4) is 0 Å². The van der Waals surface area contributed by atoms with Crippen molar-refractivity contribution in [2.45, 2.75) is 13.8 Å². The van der Waals surface area contributed by atoms with Gasteiger partial charge in [-0.2, -0.15) is 0 Å². The Morgan fingerprint density at radius 3 is 2.70 bits per heavy atom. The second-order valence-corrected chi connectivity index (χ2v) is 5.09. The van der Waals surface area contributed by atoms with E-state index in [4.69, 9.17) is 5.73 Å². The summed E-state index contributed by atoms with van der Waals surface area (Å²) < 4.78 is 0. The molecular formula is C17H17N3. The molecule has 3 heteroatoms. The van der Waals surface area contributed by atoms with Crippen molar-refractivity contribution >= 4 is 28.0 Å². The smallest absolute Gasteiger partial charge is 0.0752 e. The van der Waals surface area contributed by atoms with Gasteiger partial charge in [0.25, 0.3) is 0 Å². The number of pyridine rings is 1. The Bertz CT molecular complexity index is 778. The zero-order chi connectivity index (χ0) is 14.1. The van der Waals surface area contributed by atoms with Crippen LogP contribution in [-0.2, 0) is 0 Å². The van der Waals surface area contributed by atoms with Crippen LogP contribution in [-0.4, -0.2) is 4.98 Å². The van der Waals surface area contributed by atoms with Gasteiger partial charge in [-0.3, -0.25) is 4.98 Å². The molecule has 1 aromatic heterocycles. The lowest BCUT2D eigenvalue weighted by molar-refractivity contribution is 1.34. The molecule has 0 radical (unpaired) electrons. The molecule has 1 heterocycles. The van der Waals surface area contributed by atoms with Crippen molar-refractivity contribution in [2.75, 3.05) is 11.1 Å². The highest BCUT2D eigenvalue weighted by atomic mass is 14.9. The Morgan fingerprint density at radius 2 is 1.90 bits per heavy atom. The molecule has 2 aromatic carbocycles. The molecule has 3 N–H and O–H groups in total. The van der Waals surface area contributed by atoms with E-state index < -0.39 is 0 Å². The van der Waals surface area contributed by atoms with Crippen LogP contribution in [0.1, 0.15) is 11.1 Å². The molecule has 0 fully saturated rings. The maximum atomic E-state index is 5.82. The van der Waals surface area contributed by atoms with E-state index in [-0.39, 0.29) is 0 Å². The number of nitrogen functional groups attached to an aromatic ring is 1. The summed E-state index contributed by atoms with van der Waals surface area (Å²) in [6, 6.07) is 14.1. The monoisotopic (exact) mass is 263 g/mol. The van der Waals surface area contributed by atoms with E-state index in [1.54, 1.807) is 0 Å². The summed E-state index contributed by atoms with van der Waals surface area (Å²) in [5.41, 5.74) is 12.1. The van der Waals surface area contributed by atoms with Gasteiger partial charge in [-0.05, 0) is 49.7 Å². The Balaban J connectivity index is 2.12. The number of aromatic nitrogens is 1. The van der Waals surface area contributed by atoms with Gasteiger partial charge in [0.05, 0.1) is 5.52 Å². The minimum atomic E-state index is 0.751. The van der Waals surface area contributed by atoms with Crippen molar-refractivity contribution < 1.29 is 0 Å². The SMILES string of the molecule is Cc1cc(C)c2nccc(Nc3cccc(N)c3)c2c1. The Labute approximate surface area is 118 Å². The highest BCUT2D eigenvalue weighted by Crippen LogP contribution is 2.28. The van der Waals surface area contributed by atoms with Crippen molar-refractivity contribution in [3.63, 3.8) is 0 Å². The van der Waals surface area contributed by atoms with E-state index in [1.165, 1.54) is 11.1 Å². The predicted molar refractivity (Wildman–Crippen MR) is 85.4 cm³/mol. The minimum Gasteiger partial charge on any atom is -0.399 e. The van der Waals surface area contributed by atoms with Gasteiger partial charge in [-0.15, -0.1) is 0 Å². The summed E-state index contributed by atoms with van der Waals surface area (Å²) >= 11 is 0. The Kier molecular flexibility index (Phi) is 3.03. The zero-order valence-corrected chi connectivity index (χ0v) is 11.6. The van der Waals surface area contributed by atoms with Gasteiger partial charge in [0.1, 0.15) is 0 Å². The third-order valence-electron chi connectivity index (χ3n) is 3.35. The summed E-state index contributed by atoms with van der Waals surface area (Å²) in [6.45, 7) is 4.19.